The third-order valence-electron chi connectivity index (χ3n) is 3.77. The first-order valence-electron chi connectivity index (χ1n) is 6.60. The second kappa shape index (κ2) is 5.90. The summed E-state index contributed by atoms with van der Waals surface area (Å²) in [6.45, 7) is 2.27. The van der Waals surface area contributed by atoms with Crippen LogP contribution in [0.3, 0.4) is 0 Å². The van der Waals surface area contributed by atoms with Gasteiger partial charge in [0.05, 0.1) is 11.6 Å². The molecule has 1 aliphatic rings. The zero-order valence-electron chi connectivity index (χ0n) is 10.8. The number of hydrogen-bond donors (Lipinski definition) is 0. The molecule has 1 atom stereocenters. The van der Waals surface area contributed by atoms with Crippen molar-refractivity contribution in [3.8, 4) is 5.75 Å². The van der Waals surface area contributed by atoms with Crippen LogP contribution in [0.1, 0.15) is 43.7 Å². The maximum Gasteiger partial charge on any atom is 0.133 e. The minimum Gasteiger partial charge on any atom is -0.496 e. The molecule has 1 nitrogen and oxygen atoms in total. The number of rotatable bonds is 4. The molecule has 0 spiro atoms. The Morgan fingerprint density at radius 2 is 2.18 bits per heavy atom. The van der Waals surface area contributed by atoms with Crippen molar-refractivity contribution in [3.63, 3.8) is 0 Å². The van der Waals surface area contributed by atoms with Crippen LogP contribution in [0.15, 0.2) is 16.6 Å². The van der Waals surface area contributed by atoms with Gasteiger partial charge in [0.1, 0.15) is 5.75 Å². The fraction of sp³-hybridized carbons (Fsp3) is 0.600. The summed E-state index contributed by atoms with van der Waals surface area (Å²) in [6, 6.07) is 4.46. The topological polar surface area (TPSA) is 9.23 Å². The Labute approximate surface area is 113 Å². The van der Waals surface area contributed by atoms with Crippen LogP contribution in [0.5, 0.6) is 5.75 Å². The normalized spacial score (nSPS) is 18.9. The van der Waals surface area contributed by atoms with Crippen molar-refractivity contribution in [3.05, 3.63) is 27.7 Å². The SMILES string of the molecule is CCCC[C@@H]1CCc2cc(Br)c(OC)cc2C1. The summed E-state index contributed by atoms with van der Waals surface area (Å²) in [5.41, 5.74) is 3.00. The van der Waals surface area contributed by atoms with Crippen molar-refractivity contribution in [2.45, 2.75) is 45.4 Å². The minimum atomic E-state index is 0.883. The average molecular weight is 297 g/mol. The van der Waals surface area contributed by atoms with E-state index in [0.29, 0.717) is 0 Å². The third-order valence-corrected chi connectivity index (χ3v) is 4.39. The van der Waals surface area contributed by atoms with Crippen LogP contribution in [-0.4, -0.2) is 7.11 Å². The zero-order chi connectivity index (χ0) is 12.3. The van der Waals surface area contributed by atoms with Gasteiger partial charge in [-0.25, -0.2) is 0 Å². The molecule has 0 saturated heterocycles. The number of hydrogen-bond acceptors (Lipinski definition) is 1. The van der Waals surface area contributed by atoms with Crippen LogP contribution >= 0.6 is 15.9 Å². The maximum atomic E-state index is 5.38. The molecule has 0 unspecified atom stereocenters. The number of methoxy groups -OCH3 is 1. The van der Waals surface area contributed by atoms with Crippen molar-refractivity contribution in [2.75, 3.05) is 7.11 Å². The highest BCUT2D eigenvalue weighted by molar-refractivity contribution is 9.10. The molecule has 0 amide bonds. The molecule has 0 saturated carbocycles. The Morgan fingerprint density at radius 1 is 1.35 bits per heavy atom. The van der Waals surface area contributed by atoms with E-state index in [2.05, 4.69) is 35.0 Å². The van der Waals surface area contributed by atoms with E-state index in [0.717, 1.165) is 16.1 Å². The molecule has 2 rings (SSSR count). The van der Waals surface area contributed by atoms with Crippen LogP contribution < -0.4 is 4.74 Å². The Kier molecular flexibility index (Phi) is 4.49. The number of fused-ring (bicyclic) bond motifs is 1. The summed E-state index contributed by atoms with van der Waals surface area (Å²) >= 11 is 3.57. The Bertz CT molecular complexity index is 387. The number of unbranched alkanes of at least 4 members (excludes halogenated alkanes) is 1. The van der Waals surface area contributed by atoms with Crippen molar-refractivity contribution in [2.24, 2.45) is 5.92 Å². The molecule has 17 heavy (non-hydrogen) atoms. The van der Waals surface area contributed by atoms with Crippen LogP contribution in [0, 0.1) is 5.92 Å². The van der Waals surface area contributed by atoms with Gasteiger partial charge < -0.3 is 4.74 Å². The van der Waals surface area contributed by atoms with Crippen molar-refractivity contribution in [1.29, 1.82) is 0 Å². The van der Waals surface area contributed by atoms with Crippen molar-refractivity contribution >= 4 is 15.9 Å². The molecule has 0 aromatic heterocycles. The molecule has 0 fully saturated rings. The lowest BCUT2D eigenvalue weighted by Crippen LogP contribution is -2.14. The predicted molar refractivity (Wildman–Crippen MR) is 75.7 cm³/mol. The van der Waals surface area contributed by atoms with Gasteiger partial charge in [-0.1, -0.05) is 26.2 Å². The molecule has 1 aliphatic carbocycles. The van der Waals surface area contributed by atoms with Crippen LogP contribution in [0.25, 0.3) is 0 Å². The first-order chi connectivity index (χ1) is 8.24. The van der Waals surface area contributed by atoms with Gasteiger partial charge in [0.2, 0.25) is 0 Å². The molecular weight excluding hydrogens is 276 g/mol. The second-order valence-corrected chi connectivity index (χ2v) is 5.86. The van der Waals surface area contributed by atoms with Crippen LogP contribution in [-0.2, 0) is 12.8 Å². The van der Waals surface area contributed by atoms with E-state index in [4.69, 9.17) is 4.74 Å². The molecule has 0 N–H and O–H groups in total. The first-order valence-corrected chi connectivity index (χ1v) is 7.39. The molecular formula is C15H21BrO. The van der Waals surface area contributed by atoms with E-state index in [1.54, 1.807) is 7.11 Å². The van der Waals surface area contributed by atoms with Gasteiger partial charge in [0, 0.05) is 0 Å². The summed E-state index contributed by atoms with van der Waals surface area (Å²) < 4.78 is 6.47. The van der Waals surface area contributed by atoms with Crippen LogP contribution in [0.4, 0.5) is 0 Å². The lowest BCUT2D eigenvalue weighted by Gasteiger charge is -2.25. The predicted octanol–water partition coefficient (Wildman–Crippen LogP) is 4.75. The largest absolute Gasteiger partial charge is 0.496 e. The number of benzene rings is 1. The monoisotopic (exact) mass is 296 g/mol. The van der Waals surface area contributed by atoms with Gasteiger partial charge in [-0.05, 0) is 64.4 Å². The summed E-state index contributed by atoms with van der Waals surface area (Å²) in [7, 11) is 1.74. The summed E-state index contributed by atoms with van der Waals surface area (Å²) in [5.74, 6) is 1.85. The fourth-order valence-electron chi connectivity index (χ4n) is 2.73. The lowest BCUT2D eigenvalue weighted by atomic mass is 9.81. The van der Waals surface area contributed by atoms with E-state index in [1.165, 1.54) is 49.7 Å². The highest BCUT2D eigenvalue weighted by atomic mass is 79.9. The lowest BCUT2D eigenvalue weighted by molar-refractivity contribution is 0.399. The third kappa shape index (κ3) is 3.04. The first kappa shape index (κ1) is 12.9. The van der Waals surface area contributed by atoms with Gasteiger partial charge in [-0.3, -0.25) is 0 Å². The standard InChI is InChI=1S/C15H21BrO/c1-3-4-5-11-6-7-12-9-14(16)15(17-2)10-13(12)8-11/h9-11H,3-8H2,1-2H3/t11-/m1/s1. The smallest absolute Gasteiger partial charge is 0.133 e. The highest BCUT2D eigenvalue weighted by Gasteiger charge is 2.19. The van der Waals surface area contributed by atoms with E-state index >= 15 is 0 Å². The van der Waals surface area contributed by atoms with Gasteiger partial charge in [0.15, 0.2) is 0 Å². The van der Waals surface area contributed by atoms with Gasteiger partial charge in [-0.15, -0.1) is 0 Å². The quantitative estimate of drug-likeness (QED) is 0.779. The Balaban J connectivity index is 2.13. The van der Waals surface area contributed by atoms with Gasteiger partial charge in [0.25, 0.3) is 0 Å². The summed E-state index contributed by atoms with van der Waals surface area (Å²) in [5, 5.41) is 0. The van der Waals surface area contributed by atoms with Crippen molar-refractivity contribution < 1.29 is 4.74 Å². The Morgan fingerprint density at radius 3 is 2.88 bits per heavy atom. The molecule has 0 heterocycles. The molecule has 0 bridgehead atoms. The molecule has 1 aromatic carbocycles. The van der Waals surface area contributed by atoms with Gasteiger partial charge >= 0.3 is 0 Å². The number of aryl methyl sites for hydroxylation is 1. The summed E-state index contributed by atoms with van der Waals surface area (Å²) in [4.78, 5) is 0. The second-order valence-electron chi connectivity index (χ2n) is 5.01. The minimum absolute atomic E-state index is 0.883. The van der Waals surface area contributed by atoms with Crippen molar-refractivity contribution in [1.82, 2.24) is 0 Å². The van der Waals surface area contributed by atoms with E-state index < -0.39 is 0 Å². The molecule has 1 aromatic rings. The molecule has 0 aliphatic heterocycles. The molecule has 0 radical (unpaired) electrons. The fourth-order valence-corrected chi connectivity index (χ4v) is 3.28. The summed E-state index contributed by atoms with van der Waals surface area (Å²) in [6.07, 6.45) is 7.88. The molecule has 94 valence electrons. The maximum absolute atomic E-state index is 5.38. The van der Waals surface area contributed by atoms with E-state index in [-0.39, 0.29) is 0 Å². The van der Waals surface area contributed by atoms with Gasteiger partial charge in [-0.2, -0.15) is 0 Å². The number of halogens is 1. The van der Waals surface area contributed by atoms with E-state index in [9.17, 15) is 0 Å². The molecule has 2 heteroatoms. The highest BCUT2D eigenvalue weighted by Crippen LogP contribution is 2.35. The average Bonchev–Trinajstić information content (AvgIpc) is 2.35. The van der Waals surface area contributed by atoms with Crippen LogP contribution in [0.2, 0.25) is 0 Å². The number of ether oxygens (including phenoxy) is 1. The Hall–Kier alpha value is -0.500. The zero-order valence-corrected chi connectivity index (χ0v) is 12.3. The van der Waals surface area contributed by atoms with E-state index in [1.807, 2.05) is 0 Å².